The van der Waals surface area contributed by atoms with Gasteiger partial charge in [0, 0.05) is 36.4 Å². The Morgan fingerprint density at radius 1 is 0.875 bits per heavy atom. The number of piperidine rings is 1. The van der Waals surface area contributed by atoms with Crippen LogP contribution in [0.4, 0.5) is 17.2 Å². The second kappa shape index (κ2) is 9.68. The molecular weight excluding hydrogens is 402 g/mol. The van der Waals surface area contributed by atoms with Crippen LogP contribution >= 0.6 is 0 Å². The van der Waals surface area contributed by atoms with Crippen LogP contribution in [0.3, 0.4) is 0 Å². The topological polar surface area (TPSA) is 79.3 Å². The molecule has 4 rings (SSSR count). The number of aromatic nitrogens is 2. The van der Waals surface area contributed by atoms with Crippen LogP contribution in [0.25, 0.3) is 5.69 Å². The number of carbonyl (C=O) groups excluding carboxylic acids is 2. The van der Waals surface area contributed by atoms with E-state index < -0.39 is 0 Å². The highest BCUT2D eigenvalue weighted by Gasteiger charge is 2.19. The summed E-state index contributed by atoms with van der Waals surface area (Å²) in [6.45, 7) is 5.79. The van der Waals surface area contributed by atoms with E-state index in [0.717, 1.165) is 18.8 Å². The zero-order chi connectivity index (χ0) is 22.5. The predicted octanol–water partition coefficient (Wildman–Crippen LogP) is 4.71. The molecule has 0 bridgehead atoms. The lowest BCUT2D eigenvalue weighted by molar-refractivity contribution is -0.118. The van der Waals surface area contributed by atoms with Gasteiger partial charge >= 0.3 is 0 Å². The van der Waals surface area contributed by atoms with E-state index in [1.165, 1.54) is 24.9 Å². The minimum Gasteiger partial charge on any atom is -0.372 e. The van der Waals surface area contributed by atoms with Gasteiger partial charge in [-0.1, -0.05) is 32.0 Å². The Morgan fingerprint density at radius 2 is 1.56 bits per heavy atom. The third-order valence-corrected chi connectivity index (χ3v) is 5.56. The third-order valence-electron chi connectivity index (χ3n) is 5.56. The first kappa shape index (κ1) is 21.6. The molecule has 1 fully saturated rings. The summed E-state index contributed by atoms with van der Waals surface area (Å²) >= 11 is 0. The molecule has 0 saturated carbocycles. The fraction of sp³-hybridized carbons (Fsp3) is 0.320. The summed E-state index contributed by atoms with van der Waals surface area (Å²) in [4.78, 5) is 27.6. The van der Waals surface area contributed by atoms with Crippen molar-refractivity contribution in [2.75, 3.05) is 28.6 Å². The van der Waals surface area contributed by atoms with Crippen LogP contribution in [-0.4, -0.2) is 34.7 Å². The van der Waals surface area contributed by atoms with Crippen LogP contribution in [0.2, 0.25) is 0 Å². The highest BCUT2D eigenvalue weighted by Crippen LogP contribution is 2.23. The number of carbonyl (C=O) groups is 2. The Hall–Kier alpha value is -3.61. The maximum absolute atomic E-state index is 12.9. The van der Waals surface area contributed by atoms with Gasteiger partial charge in [-0.2, -0.15) is 5.10 Å². The summed E-state index contributed by atoms with van der Waals surface area (Å²) in [7, 11) is 0. The first-order valence-corrected chi connectivity index (χ1v) is 11.1. The number of amides is 2. The van der Waals surface area contributed by atoms with Crippen molar-refractivity contribution in [1.29, 1.82) is 0 Å². The van der Waals surface area contributed by atoms with E-state index in [1.807, 2.05) is 68.4 Å². The molecule has 1 saturated heterocycles. The normalized spacial score (nSPS) is 13.8. The first-order chi connectivity index (χ1) is 15.5. The van der Waals surface area contributed by atoms with Crippen LogP contribution in [0, 0.1) is 5.92 Å². The van der Waals surface area contributed by atoms with Crippen molar-refractivity contribution >= 4 is 29.0 Å². The number of nitrogens with zero attached hydrogens (tertiary/aromatic N) is 3. The van der Waals surface area contributed by atoms with E-state index in [2.05, 4.69) is 20.6 Å². The second-order valence-corrected chi connectivity index (χ2v) is 8.35. The van der Waals surface area contributed by atoms with E-state index in [-0.39, 0.29) is 23.4 Å². The van der Waals surface area contributed by atoms with Gasteiger partial charge in [0.15, 0.2) is 5.69 Å². The molecule has 0 aliphatic carbocycles. The Morgan fingerprint density at radius 3 is 2.22 bits per heavy atom. The molecule has 2 heterocycles. The molecule has 0 radical (unpaired) electrons. The minimum atomic E-state index is -0.328. The molecule has 2 amide bonds. The lowest BCUT2D eigenvalue weighted by Crippen LogP contribution is -2.29. The largest absolute Gasteiger partial charge is 0.372 e. The second-order valence-electron chi connectivity index (χ2n) is 8.35. The average Bonchev–Trinajstić information content (AvgIpc) is 3.24. The molecule has 32 heavy (non-hydrogen) atoms. The number of anilines is 3. The van der Waals surface area contributed by atoms with Crippen molar-refractivity contribution in [2.24, 2.45) is 5.92 Å². The summed E-state index contributed by atoms with van der Waals surface area (Å²) in [5.74, 6) is -0.196. The summed E-state index contributed by atoms with van der Waals surface area (Å²) in [5.41, 5.74) is 2.87. The highest BCUT2D eigenvalue weighted by molar-refractivity contribution is 6.04. The van der Waals surface area contributed by atoms with Gasteiger partial charge in [-0.25, -0.2) is 4.68 Å². The van der Waals surface area contributed by atoms with Gasteiger partial charge in [0.05, 0.1) is 5.69 Å². The molecule has 0 unspecified atom stereocenters. The zero-order valence-electron chi connectivity index (χ0n) is 18.5. The van der Waals surface area contributed by atoms with Crippen LogP contribution in [0.5, 0.6) is 0 Å². The maximum Gasteiger partial charge on any atom is 0.276 e. The summed E-state index contributed by atoms with van der Waals surface area (Å²) in [6, 6.07) is 18.9. The number of rotatable bonds is 6. The van der Waals surface area contributed by atoms with Gasteiger partial charge in [0.2, 0.25) is 5.91 Å². The quantitative estimate of drug-likeness (QED) is 0.592. The van der Waals surface area contributed by atoms with Crippen molar-refractivity contribution in [3.05, 3.63) is 66.4 Å². The number of hydrogen-bond donors (Lipinski definition) is 2. The standard InChI is InChI=1S/C25H29N5O2/c1-18(2)24(31)27-23-17-22(28-30(23)21-9-5-3-6-10-21)25(32)26-19-11-13-20(14-12-19)29-15-7-4-8-16-29/h3,5-6,9-14,17-18H,4,7-8,15-16H2,1-2H3,(H,26,32)(H,27,31). The molecule has 1 aliphatic rings. The molecular formula is C25H29N5O2. The molecule has 0 spiro atoms. The molecule has 7 heteroatoms. The lowest BCUT2D eigenvalue weighted by Gasteiger charge is -2.28. The zero-order valence-corrected chi connectivity index (χ0v) is 18.5. The van der Waals surface area contributed by atoms with Crippen molar-refractivity contribution in [3.8, 4) is 5.69 Å². The Balaban J connectivity index is 1.52. The molecule has 166 valence electrons. The van der Waals surface area contributed by atoms with Crippen molar-refractivity contribution < 1.29 is 9.59 Å². The Labute approximate surface area is 188 Å². The highest BCUT2D eigenvalue weighted by atomic mass is 16.2. The van der Waals surface area contributed by atoms with E-state index in [9.17, 15) is 9.59 Å². The monoisotopic (exact) mass is 431 g/mol. The van der Waals surface area contributed by atoms with Gasteiger partial charge in [0.1, 0.15) is 5.82 Å². The van der Waals surface area contributed by atoms with Gasteiger partial charge in [-0.15, -0.1) is 0 Å². The minimum absolute atomic E-state index is 0.137. The van der Waals surface area contributed by atoms with E-state index >= 15 is 0 Å². The fourth-order valence-electron chi connectivity index (χ4n) is 3.72. The lowest BCUT2D eigenvalue weighted by atomic mass is 10.1. The molecule has 1 aromatic heterocycles. The fourth-order valence-corrected chi connectivity index (χ4v) is 3.72. The molecule has 2 aromatic carbocycles. The molecule has 1 aliphatic heterocycles. The van der Waals surface area contributed by atoms with E-state index in [4.69, 9.17) is 0 Å². The van der Waals surface area contributed by atoms with Crippen LogP contribution in [0.15, 0.2) is 60.7 Å². The third kappa shape index (κ3) is 4.99. The molecule has 2 N–H and O–H groups in total. The van der Waals surface area contributed by atoms with Gasteiger partial charge in [-0.05, 0) is 55.7 Å². The first-order valence-electron chi connectivity index (χ1n) is 11.1. The van der Waals surface area contributed by atoms with Gasteiger partial charge in [-0.3, -0.25) is 9.59 Å². The number of hydrogen-bond acceptors (Lipinski definition) is 4. The van der Waals surface area contributed by atoms with Crippen molar-refractivity contribution in [3.63, 3.8) is 0 Å². The van der Waals surface area contributed by atoms with E-state index in [0.29, 0.717) is 11.5 Å². The van der Waals surface area contributed by atoms with Crippen LogP contribution in [0.1, 0.15) is 43.6 Å². The maximum atomic E-state index is 12.9. The van der Waals surface area contributed by atoms with Crippen molar-refractivity contribution in [1.82, 2.24) is 9.78 Å². The number of benzene rings is 2. The molecule has 0 atom stereocenters. The number of nitrogens with one attached hydrogen (secondary N) is 2. The molecule has 7 nitrogen and oxygen atoms in total. The van der Waals surface area contributed by atoms with E-state index in [1.54, 1.807) is 10.7 Å². The van der Waals surface area contributed by atoms with Crippen LogP contribution < -0.4 is 15.5 Å². The average molecular weight is 432 g/mol. The summed E-state index contributed by atoms with van der Waals surface area (Å²) < 4.78 is 1.58. The van der Waals surface area contributed by atoms with Crippen molar-refractivity contribution in [2.45, 2.75) is 33.1 Å². The molecule has 3 aromatic rings. The Kier molecular flexibility index (Phi) is 6.54. The van der Waals surface area contributed by atoms with Crippen LogP contribution in [-0.2, 0) is 4.79 Å². The predicted molar refractivity (Wildman–Crippen MR) is 127 cm³/mol. The summed E-state index contributed by atoms with van der Waals surface area (Å²) in [6.07, 6.45) is 3.73. The van der Waals surface area contributed by atoms with Gasteiger partial charge in [0.25, 0.3) is 5.91 Å². The number of para-hydroxylation sites is 1. The Bertz CT molecular complexity index is 1070. The van der Waals surface area contributed by atoms with Gasteiger partial charge < -0.3 is 15.5 Å². The SMILES string of the molecule is CC(C)C(=O)Nc1cc(C(=O)Nc2ccc(N3CCCCC3)cc2)nn1-c1ccccc1. The summed E-state index contributed by atoms with van der Waals surface area (Å²) in [5, 5.41) is 10.2. The smallest absolute Gasteiger partial charge is 0.276 e.